The van der Waals surface area contributed by atoms with E-state index in [1.807, 2.05) is 20.8 Å². The van der Waals surface area contributed by atoms with Gasteiger partial charge in [-0.25, -0.2) is 9.97 Å². The Kier molecular flexibility index (Phi) is 5.39. The Balaban J connectivity index is 1.80. The second-order valence-corrected chi connectivity index (χ2v) is 7.61. The Morgan fingerprint density at radius 2 is 2.17 bits per heavy atom. The van der Waals surface area contributed by atoms with Gasteiger partial charge in [-0.15, -0.1) is 0 Å². The van der Waals surface area contributed by atoms with E-state index in [1.54, 1.807) is 24.6 Å². The second kappa shape index (κ2) is 8.14. The number of hydrogen-bond acceptors (Lipinski definition) is 7. The van der Waals surface area contributed by atoms with Crippen LogP contribution in [0.15, 0.2) is 29.0 Å². The number of benzene rings is 1. The highest BCUT2D eigenvalue weighted by atomic mass is 16.5. The van der Waals surface area contributed by atoms with Gasteiger partial charge < -0.3 is 19.2 Å². The summed E-state index contributed by atoms with van der Waals surface area (Å²) in [5, 5.41) is 4.27. The zero-order chi connectivity index (χ0) is 21.3. The minimum atomic E-state index is -0.107. The number of aryl methyl sites for hydroxylation is 1. The van der Waals surface area contributed by atoms with E-state index in [0.717, 1.165) is 23.8 Å². The van der Waals surface area contributed by atoms with E-state index < -0.39 is 0 Å². The molecule has 1 aliphatic rings. The molecule has 1 saturated heterocycles. The van der Waals surface area contributed by atoms with Gasteiger partial charge in [-0.2, -0.15) is 0 Å². The van der Waals surface area contributed by atoms with E-state index in [2.05, 4.69) is 15.3 Å². The van der Waals surface area contributed by atoms with Crippen molar-refractivity contribution in [3.05, 3.63) is 35.9 Å². The lowest BCUT2D eigenvalue weighted by molar-refractivity contribution is -0.119. The number of nitrogens with one attached hydrogen (secondary N) is 1. The van der Waals surface area contributed by atoms with E-state index in [4.69, 9.17) is 13.9 Å². The van der Waals surface area contributed by atoms with Crippen LogP contribution < -0.4 is 14.8 Å². The predicted molar refractivity (Wildman–Crippen MR) is 110 cm³/mol. The number of pyridine rings is 1. The summed E-state index contributed by atoms with van der Waals surface area (Å²) in [4.78, 5) is 32.0. The van der Waals surface area contributed by atoms with Gasteiger partial charge in [0.1, 0.15) is 18.6 Å². The first kappa shape index (κ1) is 19.9. The molecule has 8 nitrogen and oxygen atoms in total. The smallest absolute Gasteiger partial charge is 0.228 e. The van der Waals surface area contributed by atoms with Crippen LogP contribution in [0.5, 0.6) is 11.6 Å². The lowest BCUT2D eigenvalue weighted by atomic mass is 10.0. The highest BCUT2D eigenvalue weighted by molar-refractivity contribution is 6.01. The van der Waals surface area contributed by atoms with Crippen LogP contribution in [0.4, 0.5) is 0 Å². The quantitative estimate of drug-likeness (QED) is 0.596. The molecular formula is C22H23N3O5. The van der Waals surface area contributed by atoms with Gasteiger partial charge >= 0.3 is 0 Å². The number of fused-ring (bicyclic) bond motifs is 1. The maximum atomic E-state index is 11.7. The molecule has 1 fully saturated rings. The highest BCUT2D eigenvalue weighted by Gasteiger charge is 2.23. The van der Waals surface area contributed by atoms with Crippen LogP contribution >= 0.6 is 0 Å². The second-order valence-electron chi connectivity index (χ2n) is 7.61. The molecule has 2 aromatic heterocycles. The van der Waals surface area contributed by atoms with Crippen molar-refractivity contribution in [2.24, 2.45) is 0 Å². The van der Waals surface area contributed by atoms with Gasteiger partial charge in [0.25, 0.3) is 0 Å². The normalized spacial score (nSPS) is 16.1. The van der Waals surface area contributed by atoms with Crippen molar-refractivity contribution in [3.8, 4) is 23.1 Å². The monoisotopic (exact) mass is 409 g/mol. The van der Waals surface area contributed by atoms with Crippen LogP contribution in [-0.4, -0.2) is 40.9 Å². The Labute approximate surface area is 173 Å². The third-order valence-corrected chi connectivity index (χ3v) is 4.83. The van der Waals surface area contributed by atoms with Crippen LogP contribution in [0.25, 0.3) is 22.2 Å². The van der Waals surface area contributed by atoms with Crippen molar-refractivity contribution < 1.29 is 23.5 Å². The Morgan fingerprint density at radius 3 is 2.80 bits per heavy atom. The van der Waals surface area contributed by atoms with Crippen molar-refractivity contribution in [2.45, 2.75) is 45.8 Å². The van der Waals surface area contributed by atoms with Crippen molar-refractivity contribution in [1.82, 2.24) is 15.3 Å². The Hall–Kier alpha value is -3.42. The van der Waals surface area contributed by atoms with Gasteiger partial charge in [0, 0.05) is 23.4 Å². The molecule has 0 bridgehead atoms. The standard InChI is InChI=1S/C22H23N3O5/c1-12(2)30-19-7-17-16(6-14(19)9-26)18(22-24-13(3)10-28-22)8-23-21(17)29-11-15-4-5-20(27)25-15/h6-10,12,15H,4-5,11H2,1-3H3,(H,25,27). The van der Waals surface area contributed by atoms with Crippen LogP contribution in [0.1, 0.15) is 42.7 Å². The summed E-state index contributed by atoms with van der Waals surface area (Å²) >= 11 is 0. The summed E-state index contributed by atoms with van der Waals surface area (Å²) in [5.41, 5.74) is 1.81. The number of carbonyl (C=O) groups is 2. The number of aldehydes is 1. The minimum Gasteiger partial charge on any atom is -0.490 e. The van der Waals surface area contributed by atoms with Crippen LogP contribution in [0.3, 0.4) is 0 Å². The van der Waals surface area contributed by atoms with Crippen molar-refractivity contribution in [1.29, 1.82) is 0 Å². The minimum absolute atomic E-state index is 0.0271. The molecule has 0 saturated carbocycles. The maximum absolute atomic E-state index is 11.7. The average molecular weight is 409 g/mol. The fourth-order valence-electron chi connectivity index (χ4n) is 3.45. The summed E-state index contributed by atoms with van der Waals surface area (Å²) in [5.74, 6) is 1.28. The number of carbonyl (C=O) groups excluding carboxylic acids is 2. The first-order valence-electron chi connectivity index (χ1n) is 9.88. The van der Waals surface area contributed by atoms with Crippen LogP contribution in [0.2, 0.25) is 0 Å². The fraction of sp³-hybridized carbons (Fsp3) is 0.364. The van der Waals surface area contributed by atoms with Gasteiger partial charge in [0.2, 0.25) is 17.7 Å². The predicted octanol–water partition coefficient (Wildman–Crippen LogP) is 3.46. The third-order valence-electron chi connectivity index (χ3n) is 4.83. The topological polar surface area (TPSA) is 104 Å². The number of hydrogen-bond donors (Lipinski definition) is 1. The van der Waals surface area contributed by atoms with E-state index in [0.29, 0.717) is 47.1 Å². The lowest BCUT2D eigenvalue weighted by Crippen LogP contribution is -2.31. The molecule has 1 N–H and O–H groups in total. The molecule has 3 aromatic rings. The first-order chi connectivity index (χ1) is 14.4. The highest BCUT2D eigenvalue weighted by Crippen LogP contribution is 2.37. The van der Waals surface area contributed by atoms with Gasteiger partial charge in [-0.1, -0.05) is 0 Å². The number of aromatic nitrogens is 2. The van der Waals surface area contributed by atoms with Gasteiger partial charge in [-0.3, -0.25) is 9.59 Å². The third kappa shape index (κ3) is 3.98. The SMILES string of the molecule is Cc1coc(-c2cnc(OCC3CCC(=O)N3)c3cc(OC(C)C)c(C=O)cc23)n1. The molecular weight excluding hydrogens is 386 g/mol. The van der Waals surface area contributed by atoms with Crippen molar-refractivity contribution in [2.75, 3.05) is 6.61 Å². The Morgan fingerprint density at radius 1 is 1.33 bits per heavy atom. The van der Waals surface area contributed by atoms with E-state index >= 15 is 0 Å². The first-order valence-corrected chi connectivity index (χ1v) is 9.88. The summed E-state index contributed by atoms with van der Waals surface area (Å²) in [6.07, 6.45) is 5.06. The lowest BCUT2D eigenvalue weighted by Gasteiger charge is -2.17. The number of nitrogens with zero attached hydrogens (tertiary/aromatic N) is 2. The molecule has 0 aliphatic carbocycles. The molecule has 156 valence electrons. The average Bonchev–Trinajstić information content (AvgIpc) is 3.33. The zero-order valence-corrected chi connectivity index (χ0v) is 17.1. The molecule has 0 spiro atoms. The summed E-state index contributed by atoms with van der Waals surface area (Å²) in [6, 6.07) is 3.44. The fourth-order valence-corrected chi connectivity index (χ4v) is 3.45. The van der Waals surface area contributed by atoms with Crippen molar-refractivity contribution >= 4 is 23.0 Å². The number of rotatable bonds is 7. The Bertz CT molecular complexity index is 1110. The molecule has 1 atom stereocenters. The van der Waals surface area contributed by atoms with E-state index in [9.17, 15) is 9.59 Å². The molecule has 8 heteroatoms. The number of oxazole rings is 1. The number of ether oxygens (including phenoxy) is 2. The number of amides is 1. The molecule has 30 heavy (non-hydrogen) atoms. The zero-order valence-electron chi connectivity index (χ0n) is 17.1. The molecule has 3 heterocycles. The van der Waals surface area contributed by atoms with Gasteiger partial charge in [-0.05, 0) is 39.3 Å². The summed E-state index contributed by atoms with van der Waals surface area (Å²) in [7, 11) is 0. The largest absolute Gasteiger partial charge is 0.490 e. The molecule has 4 rings (SSSR count). The van der Waals surface area contributed by atoms with E-state index in [-0.39, 0.29) is 18.1 Å². The molecule has 0 radical (unpaired) electrons. The molecule has 1 unspecified atom stereocenters. The van der Waals surface area contributed by atoms with Gasteiger partial charge in [0.05, 0.1) is 29.0 Å². The molecule has 1 aliphatic heterocycles. The van der Waals surface area contributed by atoms with Gasteiger partial charge in [0.15, 0.2) is 6.29 Å². The summed E-state index contributed by atoms with van der Waals surface area (Å²) < 4.78 is 17.4. The van der Waals surface area contributed by atoms with Crippen LogP contribution in [0, 0.1) is 6.92 Å². The molecule has 1 aromatic carbocycles. The van der Waals surface area contributed by atoms with Crippen LogP contribution in [-0.2, 0) is 4.79 Å². The van der Waals surface area contributed by atoms with Crippen molar-refractivity contribution in [3.63, 3.8) is 0 Å². The van der Waals surface area contributed by atoms with E-state index in [1.165, 1.54) is 0 Å². The molecule has 1 amide bonds. The summed E-state index contributed by atoms with van der Waals surface area (Å²) in [6.45, 7) is 5.93. The maximum Gasteiger partial charge on any atom is 0.228 e.